The molecule has 0 bridgehead atoms. The number of carboxylic acids is 2. The van der Waals surface area contributed by atoms with Gasteiger partial charge in [-0.15, -0.1) is 0 Å². The Hall–Kier alpha value is -1.65. The van der Waals surface area contributed by atoms with Gasteiger partial charge in [-0.25, -0.2) is 9.59 Å². The second-order valence-corrected chi connectivity index (χ2v) is 3.32. The van der Waals surface area contributed by atoms with Crippen molar-refractivity contribution in [1.29, 1.82) is 0 Å². The molecule has 0 aliphatic rings. The van der Waals surface area contributed by atoms with Crippen molar-refractivity contribution in [3.63, 3.8) is 0 Å². The first kappa shape index (κ1) is 13.4. The van der Waals surface area contributed by atoms with Crippen molar-refractivity contribution in [2.24, 2.45) is 0 Å². The quantitative estimate of drug-likeness (QED) is 0.815. The molecule has 0 spiro atoms. The molecule has 2 rings (SSSR count). The van der Waals surface area contributed by atoms with E-state index in [0.717, 1.165) is 0 Å². The summed E-state index contributed by atoms with van der Waals surface area (Å²) in [7, 11) is 0. The van der Waals surface area contributed by atoms with Crippen molar-refractivity contribution in [1.82, 2.24) is 0 Å². The Morgan fingerprint density at radius 1 is 0.882 bits per heavy atom. The molecule has 0 heterocycles. The summed E-state index contributed by atoms with van der Waals surface area (Å²) in [5, 5.41) is 19.1. The number of benzene rings is 2. The Labute approximate surface area is 112 Å². The Morgan fingerprint density at radius 3 is 2.12 bits per heavy atom. The predicted molar refractivity (Wildman–Crippen MR) is 57.9 cm³/mol. The van der Waals surface area contributed by atoms with Gasteiger partial charge in [-0.2, -0.15) is 0 Å². The monoisotopic (exact) mass is 264 g/mol. The minimum Gasteiger partial charge on any atom is -0.478 e. The third-order valence-electron chi connectivity index (χ3n) is 2.37. The zero-order valence-electron chi connectivity index (χ0n) is 8.68. The Kier molecular flexibility index (Phi) is 4.04. The summed E-state index contributed by atoms with van der Waals surface area (Å²) in [5.41, 5.74) is -0.350. The average Bonchev–Trinajstić information content (AvgIpc) is 2.27. The molecule has 2 aromatic carbocycles. The SMILES string of the molecule is O=C(O)c1ccc2ccccc2c1C(=O)O.[Ti]. The van der Waals surface area contributed by atoms with Gasteiger partial charge in [-0.3, -0.25) is 0 Å². The fraction of sp³-hybridized carbons (Fsp3) is 0. The Bertz CT molecular complexity index is 592. The summed E-state index contributed by atoms with van der Waals surface area (Å²) in [4.78, 5) is 22.0. The molecular formula is C12H8O4Ti. The third kappa shape index (κ3) is 2.38. The minimum absolute atomic E-state index is 0. The summed E-state index contributed by atoms with van der Waals surface area (Å²) in [6.45, 7) is 0. The van der Waals surface area contributed by atoms with Crippen LogP contribution in [0.25, 0.3) is 10.8 Å². The first-order valence-electron chi connectivity index (χ1n) is 4.59. The maximum Gasteiger partial charge on any atom is 0.337 e. The summed E-state index contributed by atoms with van der Waals surface area (Å²) in [5.74, 6) is -2.46. The zero-order valence-corrected chi connectivity index (χ0v) is 10.2. The summed E-state index contributed by atoms with van der Waals surface area (Å²) < 4.78 is 0. The number of carbonyl (C=O) groups is 2. The maximum atomic E-state index is 11.1. The largest absolute Gasteiger partial charge is 0.478 e. The number of hydrogen-bond acceptors (Lipinski definition) is 2. The topological polar surface area (TPSA) is 74.6 Å². The Balaban J connectivity index is 0.00000144. The molecule has 0 saturated carbocycles. The fourth-order valence-electron chi connectivity index (χ4n) is 1.68. The van der Waals surface area contributed by atoms with Gasteiger partial charge in [-0.1, -0.05) is 30.3 Å². The molecule has 0 saturated heterocycles. The molecule has 0 aliphatic heterocycles. The smallest absolute Gasteiger partial charge is 0.337 e. The third-order valence-corrected chi connectivity index (χ3v) is 2.37. The molecule has 2 aromatic rings. The predicted octanol–water partition coefficient (Wildman–Crippen LogP) is 2.23. The van der Waals surface area contributed by atoms with Crippen LogP contribution in [0.5, 0.6) is 0 Å². The molecule has 84 valence electrons. The number of rotatable bonds is 2. The summed E-state index contributed by atoms with van der Waals surface area (Å²) in [6, 6.07) is 9.72. The fourth-order valence-corrected chi connectivity index (χ4v) is 1.68. The van der Waals surface area contributed by atoms with Gasteiger partial charge in [0.25, 0.3) is 0 Å². The molecule has 17 heavy (non-hydrogen) atoms. The average molecular weight is 264 g/mol. The van der Waals surface area contributed by atoms with Crippen molar-refractivity contribution in [2.75, 3.05) is 0 Å². The van der Waals surface area contributed by atoms with E-state index in [0.29, 0.717) is 10.8 Å². The van der Waals surface area contributed by atoms with Crippen LogP contribution in [0.3, 0.4) is 0 Å². The molecule has 0 fully saturated rings. The summed E-state index contributed by atoms with van der Waals surface area (Å²) in [6.07, 6.45) is 0. The molecule has 0 unspecified atom stereocenters. The van der Waals surface area contributed by atoms with Crippen LogP contribution < -0.4 is 0 Å². The molecule has 0 aliphatic carbocycles. The van der Waals surface area contributed by atoms with Gasteiger partial charge in [0.15, 0.2) is 0 Å². The number of aromatic carboxylic acids is 2. The van der Waals surface area contributed by atoms with Crippen LogP contribution in [0.15, 0.2) is 36.4 Å². The van der Waals surface area contributed by atoms with Crippen LogP contribution in [-0.4, -0.2) is 22.2 Å². The van der Waals surface area contributed by atoms with E-state index in [1.54, 1.807) is 30.3 Å². The van der Waals surface area contributed by atoms with Crippen LogP contribution in [0, 0.1) is 0 Å². The molecule has 0 atom stereocenters. The van der Waals surface area contributed by atoms with Crippen LogP contribution in [0.2, 0.25) is 0 Å². The molecular weight excluding hydrogens is 256 g/mol. The second kappa shape index (κ2) is 5.12. The van der Waals surface area contributed by atoms with E-state index >= 15 is 0 Å². The molecule has 0 aromatic heterocycles. The molecule has 0 amide bonds. The van der Waals surface area contributed by atoms with Crippen molar-refractivity contribution >= 4 is 22.7 Å². The summed E-state index contributed by atoms with van der Waals surface area (Å²) >= 11 is 0. The van der Waals surface area contributed by atoms with Crippen molar-refractivity contribution in [3.8, 4) is 0 Å². The van der Waals surface area contributed by atoms with E-state index in [1.165, 1.54) is 6.07 Å². The van der Waals surface area contributed by atoms with E-state index < -0.39 is 11.9 Å². The van der Waals surface area contributed by atoms with Gasteiger partial charge in [0.1, 0.15) is 0 Å². The normalized spacial score (nSPS) is 9.65. The first-order valence-corrected chi connectivity index (χ1v) is 4.59. The van der Waals surface area contributed by atoms with Gasteiger partial charge in [0, 0.05) is 21.7 Å². The van der Waals surface area contributed by atoms with Crippen molar-refractivity contribution < 1.29 is 41.5 Å². The van der Waals surface area contributed by atoms with E-state index in [1.807, 2.05) is 0 Å². The number of fused-ring (bicyclic) bond motifs is 1. The maximum absolute atomic E-state index is 11.1. The number of hydrogen-bond donors (Lipinski definition) is 2. The van der Waals surface area contributed by atoms with E-state index in [4.69, 9.17) is 10.2 Å². The van der Waals surface area contributed by atoms with Crippen LogP contribution in [0.1, 0.15) is 20.7 Å². The molecule has 2 N–H and O–H groups in total. The van der Waals surface area contributed by atoms with Crippen LogP contribution in [0.4, 0.5) is 0 Å². The minimum atomic E-state index is -1.23. The van der Waals surface area contributed by atoms with E-state index in [9.17, 15) is 9.59 Å². The van der Waals surface area contributed by atoms with Gasteiger partial charge >= 0.3 is 11.9 Å². The van der Waals surface area contributed by atoms with Crippen molar-refractivity contribution in [2.45, 2.75) is 0 Å². The molecule has 0 radical (unpaired) electrons. The second-order valence-electron chi connectivity index (χ2n) is 3.32. The van der Waals surface area contributed by atoms with Gasteiger partial charge in [-0.05, 0) is 16.8 Å². The van der Waals surface area contributed by atoms with Crippen molar-refractivity contribution in [3.05, 3.63) is 47.5 Å². The standard InChI is InChI=1S/C12H8O4.Ti/c13-11(14)9-6-5-7-3-1-2-4-8(7)10(9)12(15)16;/h1-6H,(H,13,14)(H,15,16);. The first-order chi connectivity index (χ1) is 7.61. The molecule has 5 heteroatoms. The molecule has 4 nitrogen and oxygen atoms in total. The Morgan fingerprint density at radius 2 is 1.53 bits per heavy atom. The number of carboxylic acid groups (broad SMARTS) is 2. The van der Waals surface area contributed by atoms with Crippen LogP contribution in [-0.2, 0) is 21.7 Å². The zero-order chi connectivity index (χ0) is 11.7. The van der Waals surface area contributed by atoms with Gasteiger partial charge in [0.2, 0.25) is 0 Å². The van der Waals surface area contributed by atoms with E-state index in [-0.39, 0.29) is 32.8 Å². The van der Waals surface area contributed by atoms with Gasteiger partial charge < -0.3 is 10.2 Å². The van der Waals surface area contributed by atoms with E-state index in [2.05, 4.69) is 0 Å². The van der Waals surface area contributed by atoms with Crippen LogP contribution >= 0.6 is 0 Å². The van der Waals surface area contributed by atoms with Gasteiger partial charge in [0.05, 0.1) is 11.1 Å².